The van der Waals surface area contributed by atoms with Gasteiger partial charge in [-0.1, -0.05) is 140 Å². The normalized spacial score (nSPS) is 12.5. The molecule has 11 aromatic carbocycles. The zero-order valence-corrected chi connectivity index (χ0v) is 26.4. The molecule has 224 valence electrons. The summed E-state index contributed by atoms with van der Waals surface area (Å²) in [6, 6.07) is 58.0. The van der Waals surface area contributed by atoms with E-state index in [0.29, 0.717) is 0 Å². The number of benzene rings is 9. The summed E-state index contributed by atoms with van der Waals surface area (Å²) in [5.41, 5.74) is 6.91. The lowest BCUT2D eigenvalue weighted by molar-refractivity contribution is 0.669. The Hall–Kier alpha value is -6.44. The second-order valence-corrected chi connectivity index (χ2v) is 13.5. The number of fused-ring (bicyclic) bond motifs is 12. The molecule has 0 aliphatic rings. The molecule has 0 aliphatic carbocycles. The lowest BCUT2D eigenvalue weighted by Gasteiger charge is -2.19. The zero-order chi connectivity index (χ0) is 31.8. The van der Waals surface area contributed by atoms with Crippen LogP contribution in [0.4, 0.5) is 0 Å². The van der Waals surface area contributed by atoms with Crippen LogP contribution in [0, 0.1) is 0 Å². The van der Waals surface area contributed by atoms with Gasteiger partial charge in [0.2, 0.25) is 0 Å². The van der Waals surface area contributed by atoms with Gasteiger partial charge in [0, 0.05) is 10.8 Å². The molecule has 49 heavy (non-hydrogen) atoms. The highest BCUT2D eigenvalue weighted by Crippen LogP contribution is 2.55. The van der Waals surface area contributed by atoms with Gasteiger partial charge in [-0.05, 0) is 116 Å². The highest BCUT2D eigenvalue weighted by Gasteiger charge is 2.27. The molecule has 1 heterocycles. The van der Waals surface area contributed by atoms with E-state index in [4.69, 9.17) is 4.42 Å². The molecule has 0 atom stereocenters. The predicted octanol–water partition coefficient (Wildman–Crippen LogP) is 13.9. The van der Waals surface area contributed by atoms with E-state index < -0.39 is 0 Å². The summed E-state index contributed by atoms with van der Waals surface area (Å²) in [5, 5.41) is 20.6. The Morgan fingerprint density at radius 2 is 0.755 bits per heavy atom. The van der Waals surface area contributed by atoms with E-state index in [1.807, 2.05) is 0 Å². The third kappa shape index (κ3) is 3.16. The first kappa shape index (κ1) is 25.6. The summed E-state index contributed by atoms with van der Waals surface area (Å²) in [6.07, 6.45) is 0. The van der Waals surface area contributed by atoms with E-state index >= 15 is 0 Å². The summed E-state index contributed by atoms with van der Waals surface area (Å²) < 4.78 is 6.63. The highest BCUT2D eigenvalue weighted by molar-refractivity contribution is 6.46. The van der Waals surface area contributed by atoms with Crippen LogP contribution in [-0.2, 0) is 0 Å². The molecule has 0 fully saturated rings. The molecule has 0 saturated carbocycles. The lowest BCUT2D eigenvalue weighted by atomic mass is 9.84. The molecule has 0 aliphatic heterocycles. The lowest BCUT2D eigenvalue weighted by Crippen LogP contribution is -1.91. The minimum Gasteiger partial charge on any atom is -0.456 e. The first-order valence-electron chi connectivity index (χ1n) is 17.0. The maximum atomic E-state index is 6.63. The van der Waals surface area contributed by atoms with Crippen molar-refractivity contribution in [2.45, 2.75) is 0 Å². The molecule has 0 saturated heterocycles. The average Bonchev–Trinajstić information content (AvgIpc) is 3.81. The van der Waals surface area contributed by atoms with Crippen molar-refractivity contribution in [3.63, 3.8) is 0 Å². The van der Waals surface area contributed by atoms with Crippen LogP contribution in [-0.4, -0.2) is 0 Å². The van der Waals surface area contributed by atoms with Crippen LogP contribution in [0.25, 0.3) is 120 Å². The Morgan fingerprint density at radius 3 is 1.49 bits per heavy atom. The molecule has 12 aromatic rings. The second kappa shape index (κ2) is 9.13. The van der Waals surface area contributed by atoms with Crippen molar-refractivity contribution in [1.29, 1.82) is 0 Å². The molecule has 0 spiro atoms. The topological polar surface area (TPSA) is 13.1 Å². The zero-order valence-electron chi connectivity index (χ0n) is 26.4. The van der Waals surface area contributed by atoms with Gasteiger partial charge < -0.3 is 4.42 Å². The Kier molecular flexibility index (Phi) is 4.77. The van der Waals surface area contributed by atoms with Crippen molar-refractivity contribution < 1.29 is 4.42 Å². The second-order valence-electron chi connectivity index (χ2n) is 13.5. The van der Waals surface area contributed by atoms with Crippen molar-refractivity contribution in [2.24, 2.45) is 0 Å². The van der Waals surface area contributed by atoms with E-state index in [1.165, 1.54) is 103 Å². The molecular formula is C48H26O. The fourth-order valence-corrected chi connectivity index (χ4v) is 9.29. The summed E-state index contributed by atoms with van der Waals surface area (Å²) in [7, 11) is 0. The van der Waals surface area contributed by atoms with Crippen LogP contribution in [0.5, 0.6) is 0 Å². The summed E-state index contributed by atoms with van der Waals surface area (Å²) >= 11 is 0. The summed E-state index contributed by atoms with van der Waals surface area (Å²) in [6.45, 7) is 0. The van der Waals surface area contributed by atoms with Crippen molar-refractivity contribution in [3.8, 4) is 22.3 Å². The van der Waals surface area contributed by atoms with Gasteiger partial charge in [0.25, 0.3) is 0 Å². The van der Waals surface area contributed by atoms with Crippen LogP contribution in [0.3, 0.4) is 0 Å². The average molecular weight is 619 g/mol. The third-order valence-electron chi connectivity index (χ3n) is 11.1. The summed E-state index contributed by atoms with van der Waals surface area (Å²) in [4.78, 5) is 0. The maximum absolute atomic E-state index is 6.63. The molecule has 0 amide bonds. The molecule has 1 heteroatoms. The molecule has 0 unspecified atom stereocenters. The van der Waals surface area contributed by atoms with Gasteiger partial charge in [0.05, 0.1) is 0 Å². The van der Waals surface area contributed by atoms with Crippen LogP contribution < -0.4 is 0 Å². The van der Waals surface area contributed by atoms with Gasteiger partial charge in [0.15, 0.2) is 0 Å². The molecule has 0 radical (unpaired) electrons. The van der Waals surface area contributed by atoms with E-state index in [2.05, 4.69) is 158 Å². The smallest absolute Gasteiger partial charge is 0.136 e. The Bertz CT molecular complexity index is 3290. The van der Waals surface area contributed by atoms with Crippen molar-refractivity contribution in [2.75, 3.05) is 0 Å². The van der Waals surface area contributed by atoms with Gasteiger partial charge in [-0.2, -0.15) is 0 Å². The van der Waals surface area contributed by atoms with E-state index in [1.54, 1.807) is 0 Å². The maximum Gasteiger partial charge on any atom is 0.136 e. The van der Waals surface area contributed by atoms with Crippen LogP contribution in [0.15, 0.2) is 162 Å². The first-order valence-corrected chi connectivity index (χ1v) is 17.0. The first-order chi connectivity index (χ1) is 24.3. The minimum atomic E-state index is 0.929. The van der Waals surface area contributed by atoms with Gasteiger partial charge in [0.1, 0.15) is 11.2 Å². The number of hydrogen-bond donors (Lipinski definition) is 0. The van der Waals surface area contributed by atoms with Gasteiger partial charge in [-0.15, -0.1) is 0 Å². The van der Waals surface area contributed by atoms with Gasteiger partial charge in [-0.25, -0.2) is 0 Å². The van der Waals surface area contributed by atoms with Crippen molar-refractivity contribution in [1.82, 2.24) is 0 Å². The fourth-order valence-electron chi connectivity index (χ4n) is 9.29. The van der Waals surface area contributed by atoms with E-state index in [-0.39, 0.29) is 0 Å². The van der Waals surface area contributed by atoms with Crippen LogP contribution in [0.2, 0.25) is 0 Å². The Balaban J connectivity index is 1.45. The molecule has 0 N–H and O–H groups in total. The number of para-hydroxylation sites is 1. The standard InChI is InChI=1S/C48H26O/c1-3-13-27(14-4-1)41-37-25-36-30-18-8-7-17-29(30)31-20-11-22-34(43(31)36)46(37)42(28-15-5-2-6-16-28)48-38-26-40-45(32-19-9-10-24-39(32)49-40)33-21-12-23-35(44(33)38)47(41)48/h1-26H. The Morgan fingerprint density at radius 1 is 0.245 bits per heavy atom. The monoisotopic (exact) mass is 618 g/mol. The van der Waals surface area contributed by atoms with Crippen LogP contribution in [0.1, 0.15) is 0 Å². The van der Waals surface area contributed by atoms with E-state index in [0.717, 1.165) is 16.6 Å². The quantitative estimate of drug-likeness (QED) is 0.176. The highest BCUT2D eigenvalue weighted by atomic mass is 16.3. The SMILES string of the molecule is c1ccc(-c2c3cc4c5ccccc5c5cccc(c3c(-c3ccccc3)c3c6cc7oc8ccccc8c7c7cccc(c23)c67)c54)cc1. The molecule has 1 aromatic heterocycles. The molecule has 12 rings (SSSR count). The predicted molar refractivity (Wildman–Crippen MR) is 210 cm³/mol. The third-order valence-corrected chi connectivity index (χ3v) is 11.1. The van der Waals surface area contributed by atoms with Gasteiger partial charge >= 0.3 is 0 Å². The molecule has 1 nitrogen and oxygen atoms in total. The molecule has 0 bridgehead atoms. The fraction of sp³-hybridized carbons (Fsp3) is 0. The number of rotatable bonds is 2. The summed E-state index contributed by atoms with van der Waals surface area (Å²) in [5.74, 6) is 0. The molecular weight excluding hydrogens is 593 g/mol. The Labute approximate surface area is 280 Å². The van der Waals surface area contributed by atoms with E-state index in [9.17, 15) is 0 Å². The van der Waals surface area contributed by atoms with Crippen molar-refractivity contribution >= 4 is 97.3 Å². The van der Waals surface area contributed by atoms with Crippen molar-refractivity contribution in [3.05, 3.63) is 158 Å². The number of hydrogen-bond acceptors (Lipinski definition) is 1. The number of furan rings is 1. The van der Waals surface area contributed by atoms with Crippen LogP contribution >= 0.6 is 0 Å². The largest absolute Gasteiger partial charge is 0.456 e. The minimum absolute atomic E-state index is 0.929. The van der Waals surface area contributed by atoms with Gasteiger partial charge in [-0.3, -0.25) is 0 Å².